The predicted molar refractivity (Wildman–Crippen MR) is 68.9 cm³/mol. The van der Waals surface area contributed by atoms with Gasteiger partial charge in [0.1, 0.15) is 0 Å². The molecule has 0 amide bonds. The van der Waals surface area contributed by atoms with E-state index in [1.54, 1.807) is 0 Å². The van der Waals surface area contributed by atoms with Crippen LogP contribution in [0.2, 0.25) is 0 Å². The highest BCUT2D eigenvalue weighted by molar-refractivity contribution is 7.80. The van der Waals surface area contributed by atoms with Crippen LogP contribution >= 0.6 is 12.2 Å². The second-order valence-corrected chi connectivity index (χ2v) is 4.31. The summed E-state index contributed by atoms with van der Waals surface area (Å²) in [6.45, 7) is 9.00. The molecule has 14 heavy (non-hydrogen) atoms. The molecule has 0 aliphatic carbocycles. The summed E-state index contributed by atoms with van der Waals surface area (Å²) in [7, 11) is 0. The molecule has 0 unspecified atom stereocenters. The van der Waals surface area contributed by atoms with Crippen molar-refractivity contribution in [3.63, 3.8) is 0 Å². The minimum atomic E-state index is 1.09. The lowest BCUT2D eigenvalue weighted by molar-refractivity contribution is 0.397. The number of rotatable bonds is 8. The van der Waals surface area contributed by atoms with Crippen LogP contribution in [0.5, 0.6) is 0 Å². The highest BCUT2D eigenvalue weighted by atomic mass is 32.1. The zero-order valence-corrected chi connectivity index (χ0v) is 10.8. The first-order chi connectivity index (χ1) is 6.76. The van der Waals surface area contributed by atoms with Crippen LogP contribution in [0.1, 0.15) is 59.3 Å². The molecule has 84 valence electrons. The molecule has 0 aromatic rings. The molecule has 0 heterocycles. The van der Waals surface area contributed by atoms with E-state index in [9.17, 15) is 0 Å². The molecule has 2 heteroatoms. The Morgan fingerprint density at radius 2 is 1.43 bits per heavy atom. The molecule has 0 saturated carbocycles. The summed E-state index contributed by atoms with van der Waals surface area (Å²) in [5.41, 5.74) is 0. The van der Waals surface area contributed by atoms with Crippen molar-refractivity contribution in [1.29, 1.82) is 0 Å². The normalized spacial score (nSPS) is 10.2. The van der Waals surface area contributed by atoms with E-state index in [2.05, 4.69) is 25.7 Å². The van der Waals surface area contributed by atoms with E-state index >= 15 is 0 Å². The average molecular weight is 215 g/mol. The van der Waals surface area contributed by atoms with Gasteiger partial charge >= 0.3 is 0 Å². The second kappa shape index (κ2) is 9.45. The van der Waals surface area contributed by atoms with Crippen molar-refractivity contribution in [2.75, 3.05) is 13.1 Å². The van der Waals surface area contributed by atoms with Gasteiger partial charge in [-0.15, -0.1) is 0 Å². The van der Waals surface area contributed by atoms with Crippen LogP contribution in [-0.4, -0.2) is 23.0 Å². The third kappa shape index (κ3) is 6.36. The number of hydrogen-bond acceptors (Lipinski definition) is 1. The Bertz CT molecular complexity index is 137. The average Bonchev–Trinajstić information content (AvgIpc) is 2.18. The van der Waals surface area contributed by atoms with Gasteiger partial charge in [-0.3, -0.25) is 0 Å². The first-order valence-electron chi connectivity index (χ1n) is 6.04. The summed E-state index contributed by atoms with van der Waals surface area (Å²) in [6, 6.07) is 0. The Morgan fingerprint density at radius 1 is 0.929 bits per heavy atom. The molecular formula is C12H25NS. The molecule has 0 radical (unpaired) electrons. The number of thiocarbonyl (C=S) groups is 1. The van der Waals surface area contributed by atoms with E-state index in [1.807, 2.05) is 0 Å². The molecule has 0 bridgehead atoms. The van der Waals surface area contributed by atoms with E-state index in [4.69, 9.17) is 12.2 Å². The van der Waals surface area contributed by atoms with E-state index in [-0.39, 0.29) is 0 Å². The molecule has 0 aromatic heterocycles. The smallest absolute Gasteiger partial charge is 0.0779 e. The number of hydrogen-bond donors (Lipinski definition) is 0. The Kier molecular flexibility index (Phi) is 9.37. The minimum absolute atomic E-state index is 1.09. The van der Waals surface area contributed by atoms with E-state index < -0.39 is 0 Å². The summed E-state index contributed by atoms with van der Waals surface area (Å²) in [6.07, 6.45) is 7.33. The molecule has 0 fully saturated rings. The van der Waals surface area contributed by atoms with Crippen LogP contribution < -0.4 is 0 Å². The van der Waals surface area contributed by atoms with Gasteiger partial charge in [-0.2, -0.15) is 0 Å². The highest BCUT2D eigenvalue weighted by Crippen LogP contribution is 2.05. The number of unbranched alkanes of at least 4 members (excludes halogenated alkanes) is 2. The zero-order valence-electron chi connectivity index (χ0n) is 10.0. The fraction of sp³-hybridized carbons (Fsp3) is 0.917. The van der Waals surface area contributed by atoms with Gasteiger partial charge in [0.2, 0.25) is 0 Å². The van der Waals surface area contributed by atoms with Gasteiger partial charge < -0.3 is 4.90 Å². The van der Waals surface area contributed by atoms with Gasteiger partial charge in [0.05, 0.1) is 4.99 Å². The lowest BCUT2D eigenvalue weighted by Gasteiger charge is -2.24. The van der Waals surface area contributed by atoms with Crippen molar-refractivity contribution in [1.82, 2.24) is 4.90 Å². The molecular weight excluding hydrogens is 190 g/mol. The van der Waals surface area contributed by atoms with E-state index in [0.717, 1.165) is 19.5 Å². The van der Waals surface area contributed by atoms with Crippen LogP contribution in [0, 0.1) is 0 Å². The first-order valence-corrected chi connectivity index (χ1v) is 6.44. The second-order valence-electron chi connectivity index (χ2n) is 3.84. The Labute approximate surface area is 94.9 Å². The predicted octanol–water partition coefficient (Wildman–Crippen LogP) is 4.02. The molecule has 0 rings (SSSR count). The third-order valence-electron chi connectivity index (χ3n) is 2.38. The van der Waals surface area contributed by atoms with Crippen molar-refractivity contribution in [2.45, 2.75) is 59.3 Å². The van der Waals surface area contributed by atoms with Crippen LogP contribution in [0.3, 0.4) is 0 Å². The fourth-order valence-electron chi connectivity index (χ4n) is 1.43. The highest BCUT2D eigenvalue weighted by Gasteiger charge is 2.06. The van der Waals surface area contributed by atoms with Gasteiger partial charge in [-0.25, -0.2) is 0 Å². The first kappa shape index (κ1) is 13.9. The largest absolute Gasteiger partial charge is 0.366 e. The van der Waals surface area contributed by atoms with Crippen LogP contribution in [0.4, 0.5) is 0 Å². The molecule has 0 aromatic carbocycles. The maximum atomic E-state index is 5.43. The van der Waals surface area contributed by atoms with Crippen molar-refractivity contribution in [3.05, 3.63) is 0 Å². The molecule has 0 N–H and O–H groups in total. The van der Waals surface area contributed by atoms with Gasteiger partial charge in [0.25, 0.3) is 0 Å². The van der Waals surface area contributed by atoms with Crippen LogP contribution in [-0.2, 0) is 0 Å². The molecule has 0 aliphatic rings. The van der Waals surface area contributed by atoms with Crippen molar-refractivity contribution < 1.29 is 0 Å². The van der Waals surface area contributed by atoms with Gasteiger partial charge in [-0.1, -0.05) is 45.8 Å². The standard InChI is InChI=1S/C12H25NS/c1-4-7-10-13(11-8-5-2)12(14)9-6-3/h4-11H2,1-3H3. The maximum Gasteiger partial charge on any atom is 0.0779 e. The van der Waals surface area contributed by atoms with Crippen molar-refractivity contribution in [3.8, 4) is 0 Å². The monoisotopic (exact) mass is 215 g/mol. The topological polar surface area (TPSA) is 3.24 Å². The summed E-state index contributed by atoms with van der Waals surface area (Å²) < 4.78 is 0. The summed E-state index contributed by atoms with van der Waals surface area (Å²) >= 11 is 5.43. The molecule has 0 atom stereocenters. The quantitative estimate of drug-likeness (QED) is 0.563. The van der Waals surface area contributed by atoms with Crippen LogP contribution in [0.25, 0.3) is 0 Å². The Morgan fingerprint density at radius 3 is 1.79 bits per heavy atom. The molecule has 0 aliphatic heterocycles. The third-order valence-corrected chi connectivity index (χ3v) is 2.84. The molecule has 1 nitrogen and oxygen atoms in total. The maximum absolute atomic E-state index is 5.43. The van der Waals surface area contributed by atoms with Gasteiger partial charge in [0, 0.05) is 13.1 Å². The van der Waals surface area contributed by atoms with Gasteiger partial charge in [-0.05, 0) is 25.7 Å². The minimum Gasteiger partial charge on any atom is -0.366 e. The van der Waals surface area contributed by atoms with Crippen LogP contribution in [0.15, 0.2) is 0 Å². The summed E-state index contributed by atoms with van der Waals surface area (Å²) in [4.78, 5) is 3.58. The molecule has 0 spiro atoms. The lowest BCUT2D eigenvalue weighted by atomic mass is 10.2. The van der Waals surface area contributed by atoms with Gasteiger partial charge in [0.15, 0.2) is 0 Å². The Hall–Kier alpha value is -0.110. The lowest BCUT2D eigenvalue weighted by Crippen LogP contribution is -2.31. The van der Waals surface area contributed by atoms with Crippen molar-refractivity contribution >= 4 is 17.2 Å². The van der Waals surface area contributed by atoms with E-state index in [0.29, 0.717) is 0 Å². The zero-order chi connectivity index (χ0) is 10.8. The number of nitrogens with zero attached hydrogens (tertiary/aromatic N) is 1. The summed E-state index contributed by atoms with van der Waals surface area (Å²) in [5, 5.41) is 0. The van der Waals surface area contributed by atoms with Crippen molar-refractivity contribution in [2.24, 2.45) is 0 Å². The van der Waals surface area contributed by atoms with E-state index in [1.165, 1.54) is 37.1 Å². The SMILES string of the molecule is CCCCN(CCCC)C(=S)CCC. The fourth-order valence-corrected chi connectivity index (χ4v) is 1.82. The Balaban J connectivity index is 3.88. The molecule has 0 saturated heterocycles. The summed E-state index contributed by atoms with van der Waals surface area (Å²) in [5.74, 6) is 0.